The third-order valence-electron chi connectivity index (χ3n) is 13.9. The minimum Gasteiger partial charge on any atom is -0.509 e. The quantitative estimate of drug-likeness (QED) is 0.135. The average Bonchev–Trinajstić information content (AvgIpc) is 3.87. The van der Waals surface area contributed by atoms with Crippen molar-refractivity contribution in [1.29, 1.82) is 0 Å². The van der Waals surface area contributed by atoms with Crippen LogP contribution in [-0.4, -0.2) is 9.55 Å². The molecule has 0 fully saturated rings. The van der Waals surface area contributed by atoms with Gasteiger partial charge in [-0.25, -0.2) is 4.98 Å². The Hall–Kier alpha value is -6.42. The van der Waals surface area contributed by atoms with E-state index in [4.69, 9.17) is 9.72 Å². The predicted molar refractivity (Wildman–Crippen MR) is 279 cm³/mol. The van der Waals surface area contributed by atoms with Gasteiger partial charge in [0.15, 0.2) is 0 Å². The molecular weight excluding hydrogens is 1010 g/mol. The molecule has 10 rings (SSSR count). The molecule has 5 nitrogen and oxygen atoms in total. The molecule has 2 aromatic heterocycles. The molecule has 1 aliphatic rings. The van der Waals surface area contributed by atoms with Crippen LogP contribution in [0.15, 0.2) is 170 Å². The maximum Gasteiger partial charge on any atom is 0.135 e. The predicted octanol–water partition coefficient (Wildman–Crippen LogP) is 16.2. The summed E-state index contributed by atoms with van der Waals surface area (Å²) >= 11 is 0. The van der Waals surface area contributed by atoms with E-state index in [1.54, 1.807) is 0 Å². The molecule has 0 N–H and O–H groups in total. The molecule has 0 unspecified atom stereocenters. The number of para-hydroxylation sites is 2. The van der Waals surface area contributed by atoms with Crippen LogP contribution in [0.25, 0.3) is 27.6 Å². The van der Waals surface area contributed by atoms with Crippen LogP contribution in [0.1, 0.15) is 103 Å². The van der Waals surface area contributed by atoms with Gasteiger partial charge in [-0.1, -0.05) is 172 Å². The van der Waals surface area contributed by atoms with Crippen molar-refractivity contribution < 1.29 is 25.8 Å². The number of pyridine rings is 1. The van der Waals surface area contributed by atoms with E-state index in [0.717, 1.165) is 55.9 Å². The Morgan fingerprint density at radius 2 is 1.12 bits per heavy atom. The molecule has 346 valence electrons. The summed E-state index contributed by atoms with van der Waals surface area (Å²) < 4.78 is 9.43. The van der Waals surface area contributed by atoms with Gasteiger partial charge in [-0.15, -0.1) is 47.6 Å². The zero-order chi connectivity index (χ0) is 46.9. The first kappa shape index (κ1) is 46.7. The van der Waals surface area contributed by atoms with Crippen molar-refractivity contribution in [3.8, 4) is 17.3 Å². The molecule has 0 amide bonds. The van der Waals surface area contributed by atoms with Crippen LogP contribution in [0.4, 0.5) is 22.7 Å². The third-order valence-corrected chi connectivity index (χ3v) is 13.9. The molecule has 0 saturated heterocycles. The zero-order valence-electron chi connectivity index (χ0n) is 40.8. The Labute approximate surface area is 417 Å². The van der Waals surface area contributed by atoms with E-state index < -0.39 is 5.41 Å². The number of hydrogen-bond acceptors (Lipinski definition) is 4. The summed E-state index contributed by atoms with van der Waals surface area (Å²) in [5.74, 6) is 2.07. The van der Waals surface area contributed by atoms with Gasteiger partial charge >= 0.3 is 0 Å². The second-order valence-corrected chi connectivity index (χ2v) is 21.1. The van der Waals surface area contributed by atoms with Crippen molar-refractivity contribution in [2.75, 3.05) is 9.80 Å². The van der Waals surface area contributed by atoms with E-state index in [2.05, 4.69) is 266 Å². The first-order chi connectivity index (χ1) is 32.0. The summed E-state index contributed by atoms with van der Waals surface area (Å²) in [6, 6.07) is 66.2. The minimum absolute atomic E-state index is 0. The van der Waals surface area contributed by atoms with Crippen LogP contribution in [-0.2, 0) is 42.7 Å². The summed E-state index contributed by atoms with van der Waals surface area (Å²) in [6.07, 6.45) is 1.94. The maximum atomic E-state index is 7.18. The zero-order valence-corrected chi connectivity index (χ0v) is 43.0. The molecule has 0 bridgehead atoms. The van der Waals surface area contributed by atoms with Gasteiger partial charge in [-0.3, -0.25) is 0 Å². The van der Waals surface area contributed by atoms with Gasteiger partial charge in [0.2, 0.25) is 0 Å². The summed E-state index contributed by atoms with van der Waals surface area (Å²) in [7, 11) is 0. The van der Waals surface area contributed by atoms with Crippen molar-refractivity contribution >= 4 is 44.6 Å². The summed E-state index contributed by atoms with van der Waals surface area (Å²) in [5, 5.41) is 2.24. The molecule has 0 saturated carbocycles. The van der Waals surface area contributed by atoms with Crippen LogP contribution in [0.3, 0.4) is 0 Å². The monoisotopic (exact) mass is 1070 g/mol. The number of ether oxygens (including phenoxy) is 1. The van der Waals surface area contributed by atoms with Gasteiger partial charge in [0, 0.05) is 66.8 Å². The third kappa shape index (κ3) is 8.45. The SMILES string of the molecule is CC(C)(C)c1cccc(N2[CH-]N(c3[c-]c(Oc4[c-]c5c(cc4)c4cc(C(C)(C)C)ccc4n5-c4cc(C(C)(C)c5ccccc5)ccn4)c(C(C)(C)c4ccccc4)cc3)c3ccccc32)c1.[Pt]. The molecule has 0 radical (unpaired) electrons. The molecule has 0 aliphatic carbocycles. The molecule has 68 heavy (non-hydrogen) atoms. The van der Waals surface area contributed by atoms with Gasteiger partial charge in [0.1, 0.15) is 5.82 Å². The second kappa shape index (κ2) is 17.6. The number of anilines is 4. The topological polar surface area (TPSA) is 33.5 Å². The van der Waals surface area contributed by atoms with Gasteiger partial charge in [0.05, 0.1) is 0 Å². The fourth-order valence-corrected chi connectivity index (χ4v) is 9.57. The van der Waals surface area contributed by atoms with Crippen molar-refractivity contribution in [2.45, 2.75) is 90.9 Å². The fraction of sp³-hybridized carbons (Fsp3) is 0.226. The number of aromatic nitrogens is 2. The van der Waals surface area contributed by atoms with Crippen molar-refractivity contribution in [1.82, 2.24) is 9.55 Å². The Balaban J connectivity index is 0.00000578. The fourth-order valence-electron chi connectivity index (χ4n) is 9.57. The van der Waals surface area contributed by atoms with E-state index in [1.165, 1.54) is 27.8 Å². The summed E-state index contributed by atoms with van der Waals surface area (Å²) in [4.78, 5) is 9.55. The van der Waals surface area contributed by atoms with Gasteiger partial charge in [0.25, 0.3) is 0 Å². The summed E-state index contributed by atoms with van der Waals surface area (Å²) in [6.45, 7) is 24.8. The van der Waals surface area contributed by atoms with Gasteiger partial charge < -0.3 is 19.1 Å². The van der Waals surface area contributed by atoms with Crippen LogP contribution >= 0.6 is 0 Å². The van der Waals surface area contributed by atoms with Crippen molar-refractivity contribution in [3.63, 3.8) is 0 Å². The standard InChI is InChI=1S/C62H59N4O.Pt/c1-59(2,3)44-24-19-25-47(36-44)64-41-65(55-27-18-17-26-54(55)64)48-29-32-52(62(9,10)43-22-15-12-16-23-43)57(39-48)67-49-30-31-50-51-37-45(60(4,5)6)28-33-53(51)66(56(50)40-49)58-38-46(34-35-63-58)61(7,8)42-20-13-11-14-21-42;/h11-38,41H,1-10H3;/q-3;. The van der Waals surface area contributed by atoms with Crippen LogP contribution < -0.4 is 14.5 Å². The Morgan fingerprint density at radius 3 is 1.79 bits per heavy atom. The van der Waals surface area contributed by atoms with E-state index in [-0.39, 0.29) is 37.3 Å². The number of hydrogen-bond donors (Lipinski definition) is 0. The Bertz CT molecular complexity index is 3280. The van der Waals surface area contributed by atoms with E-state index in [9.17, 15) is 0 Å². The molecule has 0 atom stereocenters. The first-order valence-electron chi connectivity index (χ1n) is 23.5. The Morgan fingerprint density at radius 1 is 0.500 bits per heavy atom. The van der Waals surface area contributed by atoms with E-state index in [1.807, 2.05) is 6.20 Å². The summed E-state index contributed by atoms with van der Waals surface area (Å²) in [5.41, 5.74) is 12.6. The number of nitrogens with zero attached hydrogens (tertiary/aromatic N) is 4. The van der Waals surface area contributed by atoms with Crippen molar-refractivity contribution in [3.05, 3.63) is 222 Å². The number of benzene rings is 7. The van der Waals surface area contributed by atoms with Crippen LogP contribution in [0.5, 0.6) is 11.5 Å². The average molecular weight is 1070 g/mol. The first-order valence-corrected chi connectivity index (χ1v) is 23.5. The molecule has 0 spiro atoms. The normalized spacial score (nSPS) is 13.2. The maximum absolute atomic E-state index is 7.18. The van der Waals surface area contributed by atoms with E-state index in [0.29, 0.717) is 11.5 Å². The smallest absolute Gasteiger partial charge is 0.135 e. The molecule has 1 aliphatic heterocycles. The van der Waals surface area contributed by atoms with Gasteiger partial charge in [-0.2, -0.15) is 12.1 Å². The number of rotatable bonds is 9. The largest absolute Gasteiger partial charge is 0.509 e. The molecule has 9 aromatic rings. The van der Waals surface area contributed by atoms with E-state index >= 15 is 0 Å². The molecule has 6 heteroatoms. The number of fused-ring (bicyclic) bond motifs is 4. The second-order valence-electron chi connectivity index (χ2n) is 21.1. The van der Waals surface area contributed by atoms with Crippen LogP contribution in [0.2, 0.25) is 0 Å². The molecular formula is C62H59N4OPt-3. The molecule has 7 aromatic carbocycles. The molecule has 3 heterocycles. The Kier molecular flexibility index (Phi) is 12.1. The van der Waals surface area contributed by atoms with Gasteiger partial charge in [-0.05, 0) is 91.9 Å². The van der Waals surface area contributed by atoms with Crippen LogP contribution in [0, 0.1) is 18.8 Å². The minimum atomic E-state index is -0.421. The van der Waals surface area contributed by atoms with Crippen molar-refractivity contribution in [2.24, 2.45) is 0 Å².